The van der Waals surface area contributed by atoms with Crippen molar-refractivity contribution in [2.75, 3.05) is 19.6 Å². The molecule has 116 valence electrons. The number of hydrogen-bond acceptors (Lipinski definition) is 4. The summed E-state index contributed by atoms with van der Waals surface area (Å²) in [5, 5.41) is 0. The molecule has 0 saturated carbocycles. The molecule has 6 nitrogen and oxygen atoms in total. The van der Waals surface area contributed by atoms with E-state index >= 15 is 0 Å². The van der Waals surface area contributed by atoms with Gasteiger partial charge >= 0.3 is 0 Å². The van der Waals surface area contributed by atoms with E-state index in [-0.39, 0.29) is 11.8 Å². The van der Waals surface area contributed by atoms with Gasteiger partial charge in [-0.1, -0.05) is 0 Å². The number of rotatable bonds is 3. The van der Waals surface area contributed by atoms with Crippen LogP contribution in [0.2, 0.25) is 0 Å². The third-order valence-electron chi connectivity index (χ3n) is 4.66. The Kier molecular flexibility index (Phi) is 3.26. The lowest BCUT2D eigenvalue weighted by atomic mass is 9.95. The molecule has 0 N–H and O–H groups in total. The fraction of sp³-hybridized carbons (Fsp3) is 0.500. The molecule has 1 amide bonds. The largest absolute Gasteiger partial charge is 0.472 e. The van der Waals surface area contributed by atoms with Gasteiger partial charge in [-0.15, -0.1) is 0 Å². The fourth-order valence-corrected chi connectivity index (χ4v) is 3.39. The van der Waals surface area contributed by atoms with Gasteiger partial charge in [0, 0.05) is 45.3 Å². The monoisotopic (exact) mass is 300 g/mol. The zero-order valence-corrected chi connectivity index (χ0v) is 12.7. The molecule has 0 aromatic carbocycles. The number of likely N-dealkylation sites (tertiary alicyclic amines) is 1. The van der Waals surface area contributed by atoms with Gasteiger partial charge in [0.15, 0.2) is 0 Å². The van der Waals surface area contributed by atoms with Gasteiger partial charge in [0.25, 0.3) is 0 Å². The Labute approximate surface area is 129 Å². The van der Waals surface area contributed by atoms with Gasteiger partial charge in [0.2, 0.25) is 5.91 Å². The first-order valence-electron chi connectivity index (χ1n) is 7.74. The Hall–Kier alpha value is -2.08. The molecule has 1 saturated heterocycles. The summed E-state index contributed by atoms with van der Waals surface area (Å²) in [5.74, 6) is 0.136. The molecule has 2 aromatic heterocycles. The van der Waals surface area contributed by atoms with Crippen LogP contribution in [0.1, 0.15) is 29.3 Å². The Morgan fingerprint density at radius 1 is 1.45 bits per heavy atom. The van der Waals surface area contributed by atoms with Crippen molar-refractivity contribution >= 4 is 5.91 Å². The fourth-order valence-electron chi connectivity index (χ4n) is 3.39. The van der Waals surface area contributed by atoms with Gasteiger partial charge in [-0.05, 0) is 12.5 Å². The average molecular weight is 300 g/mol. The van der Waals surface area contributed by atoms with Crippen molar-refractivity contribution in [1.82, 2.24) is 19.4 Å². The van der Waals surface area contributed by atoms with Crippen LogP contribution < -0.4 is 0 Å². The molecule has 0 spiro atoms. The highest BCUT2D eigenvalue weighted by Gasteiger charge is 2.37. The van der Waals surface area contributed by atoms with Gasteiger partial charge in [0.1, 0.15) is 0 Å². The molecule has 6 heteroatoms. The number of aromatic nitrogens is 2. The first-order chi connectivity index (χ1) is 10.7. The smallest absolute Gasteiger partial charge is 0.233 e. The summed E-state index contributed by atoms with van der Waals surface area (Å²) in [7, 11) is 1.98. The third-order valence-corrected chi connectivity index (χ3v) is 4.66. The summed E-state index contributed by atoms with van der Waals surface area (Å²) in [5.41, 5.74) is 3.24. The zero-order chi connectivity index (χ0) is 15.1. The van der Waals surface area contributed by atoms with Gasteiger partial charge in [-0.2, -0.15) is 0 Å². The standard InChI is InChI=1S/C16H20N4O2/c1-18-11-17-14-9-19(7-12-3-6-22-10-12)8-13(15(14)18)16(21)20-4-2-5-20/h3,6,10-11,13H,2,4-5,7-9H2,1H3/t13-/m0/s1. The SMILES string of the molecule is Cn1cnc2c1[C@@H](C(=O)N1CCC1)CN(Cc1ccoc1)C2. The molecule has 0 bridgehead atoms. The number of fused-ring (bicyclic) bond motifs is 1. The molecule has 2 aromatic rings. The number of amides is 1. The van der Waals surface area contributed by atoms with E-state index in [2.05, 4.69) is 9.88 Å². The summed E-state index contributed by atoms with van der Waals surface area (Å²) < 4.78 is 7.15. The van der Waals surface area contributed by atoms with Gasteiger partial charge < -0.3 is 13.9 Å². The van der Waals surface area contributed by atoms with Crippen LogP contribution in [0.25, 0.3) is 0 Å². The molecule has 0 radical (unpaired) electrons. The Balaban J connectivity index is 1.60. The summed E-state index contributed by atoms with van der Waals surface area (Å²) in [6, 6.07) is 1.97. The Morgan fingerprint density at radius 2 is 2.32 bits per heavy atom. The van der Waals surface area contributed by atoms with E-state index in [1.54, 1.807) is 12.5 Å². The highest BCUT2D eigenvalue weighted by Crippen LogP contribution is 2.31. The molecule has 0 unspecified atom stereocenters. The molecule has 2 aliphatic heterocycles. The molecule has 22 heavy (non-hydrogen) atoms. The van der Waals surface area contributed by atoms with Crippen LogP contribution in [0.3, 0.4) is 0 Å². The number of nitrogens with zero attached hydrogens (tertiary/aromatic N) is 4. The first kappa shape index (κ1) is 13.6. The van der Waals surface area contributed by atoms with Crippen LogP contribution in [0.5, 0.6) is 0 Å². The molecule has 2 aliphatic rings. The van der Waals surface area contributed by atoms with Crippen molar-refractivity contribution in [3.8, 4) is 0 Å². The first-order valence-corrected chi connectivity index (χ1v) is 7.74. The van der Waals surface area contributed by atoms with Crippen molar-refractivity contribution in [2.24, 2.45) is 7.05 Å². The van der Waals surface area contributed by atoms with E-state index in [4.69, 9.17) is 4.42 Å². The van der Waals surface area contributed by atoms with Crippen molar-refractivity contribution in [2.45, 2.75) is 25.4 Å². The number of furan rings is 1. The number of carbonyl (C=O) groups is 1. The van der Waals surface area contributed by atoms with Gasteiger partial charge in [0.05, 0.1) is 36.2 Å². The number of hydrogen-bond donors (Lipinski definition) is 0. The maximum Gasteiger partial charge on any atom is 0.233 e. The normalized spacial score (nSPS) is 21.5. The van der Waals surface area contributed by atoms with Crippen LogP contribution in [0.4, 0.5) is 0 Å². The van der Waals surface area contributed by atoms with Crippen molar-refractivity contribution < 1.29 is 9.21 Å². The lowest BCUT2D eigenvalue weighted by Crippen LogP contribution is -2.48. The average Bonchev–Trinajstić information content (AvgIpc) is 3.07. The van der Waals surface area contributed by atoms with Crippen LogP contribution >= 0.6 is 0 Å². The maximum atomic E-state index is 12.8. The number of carbonyl (C=O) groups excluding carboxylic acids is 1. The molecule has 1 fully saturated rings. The van der Waals surface area contributed by atoms with Gasteiger partial charge in [-0.3, -0.25) is 9.69 Å². The van der Waals surface area contributed by atoms with E-state index < -0.39 is 0 Å². The van der Waals surface area contributed by atoms with Crippen LogP contribution in [-0.2, 0) is 24.9 Å². The van der Waals surface area contributed by atoms with Crippen molar-refractivity contribution in [3.63, 3.8) is 0 Å². The van der Waals surface area contributed by atoms with Crippen molar-refractivity contribution in [1.29, 1.82) is 0 Å². The lowest BCUT2D eigenvalue weighted by Gasteiger charge is -2.38. The van der Waals surface area contributed by atoms with E-state index in [9.17, 15) is 4.79 Å². The van der Waals surface area contributed by atoms with E-state index in [0.29, 0.717) is 0 Å². The van der Waals surface area contributed by atoms with E-state index in [0.717, 1.165) is 56.1 Å². The molecular formula is C16H20N4O2. The minimum absolute atomic E-state index is 0.108. The number of aryl methyl sites for hydroxylation is 1. The highest BCUT2D eigenvalue weighted by molar-refractivity contribution is 5.84. The van der Waals surface area contributed by atoms with Gasteiger partial charge in [-0.25, -0.2) is 4.98 Å². The minimum Gasteiger partial charge on any atom is -0.472 e. The molecule has 0 aliphatic carbocycles. The second-order valence-electron chi connectivity index (χ2n) is 6.22. The van der Waals surface area contributed by atoms with Crippen LogP contribution in [0, 0.1) is 0 Å². The highest BCUT2D eigenvalue weighted by atomic mass is 16.3. The second-order valence-corrected chi connectivity index (χ2v) is 6.22. The number of imidazole rings is 1. The molecule has 4 rings (SSSR count). The lowest BCUT2D eigenvalue weighted by molar-refractivity contribution is -0.137. The summed E-state index contributed by atoms with van der Waals surface area (Å²) >= 11 is 0. The van der Waals surface area contributed by atoms with E-state index in [1.807, 2.05) is 28.9 Å². The zero-order valence-electron chi connectivity index (χ0n) is 12.7. The van der Waals surface area contributed by atoms with Crippen molar-refractivity contribution in [3.05, 3.63) is 41.9 Å². The molecule has 1 atom stereocenters. The third kappa shape index (κ3) is 2.23. The summed E-state index contributed by atoms with van der Waals surface area (Å²) in [6.45, 7) is 4.10. The Morgan fingerprint density at radius 3 is 3.00 bits per heavy atom. The summed E-state index contributed by atoms with van der Waals surface area (Å²) in [6.07, 6.45) is 6.40. The van der Waals surface area contributed by atoms with Crippen LogP contribution in [-0.4, -0.2) is 44.9 Å². The summed E-state index contributed by atoms with van der Waals surface area (Å²) in [4.78, 5) is 21.5. The predicted octanol–water partition coefficient (Wildman–Crippen LogP) is 1.34. The molecular weight excluding hydrogens is 280 g/mol. The maximum absolute atomic E-state index is 12.8. The van der Waals surface area contributed by atoms with Crippen LogP contribution in [0.15, 0.2) is 29.3 Å². The topological polar surface area (TPSA) is 54.5 Å². The quantitative estimate of drug-likeness (QED) is 0.858. The predicted molar refractivity (Wildman–Crippen MR) is 80.0 cm³/mol. The molecule has 4 heterocycles. The second kappa shape index (κ2) is 5.28. The Bertz CT molecular complexity index is 672. The minimum atomic E-state index is -0.108. The van der Waals surface area contributed by atoms with E-state index in [1.165, 1.54) is 0 Å².